The Bertz CT molecular complexity index is 677. The highest BCUT2D eigenvalue weighted by Gasteiger charge is 2.45. The highest BCUT2D eigenvalue weighted by molar-refractivity contribution is 6.28. The minimum absolute atomic E-state index is 0.0816. The van der Waals surface area contributed by atoms with Crippen LogP contribution < -0.4 is 5.73 Å². The van der Waals surface area contributed by atoms with Gasteiger partial charge in [0.1, 0.15) is 23.3 Å². The molecule has 0 amide bonds. The number of anilines is 1. The van der Waals surface area contributed by atoms with Crippen molar-refractivity contribution in [3.63, 3.8) is 0 Å². The van der Waals surface area contributed by atoms with Crippen molar-refractivity contribution in [3.8, 4) is 0 Å². The molecule has 3 rings (SSSR count). The molecule has 0 aromatic carbocycles. The molecule has 1 aliphatic heterocycles. The maximum atomic E-state index is 10.2. The Kier molecular flexibility index (Phi) is 3.53. The van der Waals surface area contributed by atoms with Gasteiger partial charge in [0.15, 0.2) is 0 Å². The minimum atomic E-state index is -0.752. The Labute approximate surface area is 126 Å². The average molecular weight is 313 g/mol. The van der Waals surface area contributed by atoms with Crippen molar-refractivity contribution in [1.82, 2.24) is 14.5 Å². The van der Waals surface area contributed by atoms with Crippen LogP contribution in [0.2, 0.25) is 5.28 Å². The molecule has 1 fully saturated rings. The Morgan fingerprint density at radius 2 is 2.38 bits per heavy atom. The second kappa shape index (κ2) is 5.10. The smallest absolute Gasteiger partial charge is 0.226 e. The van der Waals surface area contributed by atoms with Crippen molar-refractivity contribution >= 4 is 28.5 Å². The Hall–Kier alpha value is -1.41. The SMILES string of the molecule is COC[C@@]1(C)O[C@@H](n2ccc3c(N)nc(Cl)nc32)C[C@@H]1O. The van der Waals surface area contributed by atoms with Gasteiger partial charge in [-0.3, -0.25) is 0 Å². The summed E-state index contributed by atoms with van der Waals surface area (Å²) in [5.74, 6) is 0.321. The molecule has 114 valence electrons. The summed E-state index contributed by atoms with van der Waals surface area (Å²) >= 11 is 5.87. The van der Waals surface area contributed by atoms with Gasteiger partial charge in [-0.1, -0.05) is 0 Å². The normalized spacial score (nSPS) is 29.3. The van der Waals surface area contributed by atoms with Crippen LogP contribution in [0.25, 0.3) is 11.0 Å². The molecule has 0 bridgehead atoms. The second-order valence-corrected chi connectivity index (χ2v) is 5.75. The van der Waals surface area contributed by atoms with Crippen LogP contribution in [0, 0.1) is 0 Å². The number of halogens is 1. The van der Waals surface area contributed by atoms with Gasteiger partial charge in [-0.15, -0.1) is 0 Å². The van der Waals surface area contributed by atoms with Crippen LogP contribution in [-0.2, 0) is 9.47 Å². The van der Waals surface area contributed by atoms with Gasteiger partial charge in [-0.05, 0) is 24.6 Å². The van der Waals surface area contributed by atoms with Crippen molar-refractivity contribution in [2.75, 3.05) is 19.5 Å². The van der Waals surface area contributed by atoms with Crippen molar-refractivity contribution in [1.29, 1.82) is 0 Å². The molecule has 0 spiro atoms. The molecule has 0 aliphatic carbocycles. The van der Waals surface area contributed by atoms with Crippen molar-refractivity contribution in [2.24, 2.45) is 0 Å². The molecule has 8 heteroatoms. The van der Waals surface area contributed by atoms with Gasteiger partial charge in [0, 0.05) is 19.7 Å². The van der Waals surface area contributed by atoms with E-state index >= 15 is 0 Å². The summed E-state index contributed by atoms with van der Waals surface area (Å²) in [6.07, 6.45) is 1.25. The van der Waals surface area contributed by atoms with E-state index in [0.29, 0.717) is 29.9 Å². The molecule has 0 saturated carbocycles. The second-order valence-electron chi connectivity index (χ2n) is 5.41. The largest absolute Gasteiger partial charge is 0.390 e. The van der Waals surface area contributed by atoms with Crippen LogP contribution in [0.1, 0.15) is 19.6 Å². The number of ether oxygens (including phenoxy) is 2. The first-order valence-electron chi connectivity index (χ1n) is 6.59. The maximum Gasteiger partial charge on any atom is 0.226 e. The fourth-order valence-corrected chi connectivity index (χ4v) is 2.90. The number of hydrogen-bond acceptors (Lipinski definition) is 6. The third kappa shape index (κ3) is 2.36. The van der Waals surface area contributed by atoms with E-state index in [9.17, 15) is 5.11 Å². The lowest BCUT2D eigenvalue weighted by atomic mass is 10.0. The van der Waals surface area contributed by atoms with Crippen LogP contribution in [0.3, 0.4) is 0 Å². The first-order chi connectivity index (χ1) is 9.94. The molecule has 21 heavy (non-hydrogen) atoms. The maximum absolute atomic E-state index is 10.2. The lowest BCUT2D eigenvalue weighted by Gasteiger charge is -2.26. The summed E-state index contributed by atoms with van der Waals surface area (Å²) in [7, 11) is 1.58. The van der Waals surface area contributed by atoms with Gasteiger partial charge >= 0.3 is 0 Å². The number of aliphatic hydroxyl groups is 1. The molecule has 1 saturated heterocycles. The molecule has 2 aromatic heterocycles. The summed E-state index contributed by atoms with van der Waals surface area (Å²) in [5.41, 5.74) is 5.68. The molecule has 0 radical (unpaired) electrons. The van der Waals surface area contributed by atoms with E-state index in [1.165, 1.54) is 0 Å². The fourth-order valence-electron chi connectivity index (χ4n) is 2.73. The van der Waals surface area contributed by atoms with Crippen molar-refractivity contribution in [2.45, 2.75) is 31.3 Å². The summed E-state index contributed by atoms with van der Waals surface area (Å²) in [5, 5.41) is 11.0. The van der Waals surface area contributed by atoms with Crippen LogP contribution in [0.5, 0.6) is 0 Å². The zero-order chi connectivity index (χ0) is 15.2. The van der Waals surface area contributed by atoms with Crippen molar-refractivity contribution < 1.29 is 14.6 Å². The van der Waals surface area contributed by atoms with E-state index in [0.717, 1.165) is 0 Å². The van der Waals surface area contributed by atoms with E-state index in [-0.39, 0.29) is 11.5 Å². The topological polar surface area (TPSA) is 95.4 Å². The molecule has 3 heterocycles. The molecule has 2 aromatic rings. The lowest BCUT2D eigenvalue weighted by molar-refractivity contribution is -0.122. The number of nitrogen functional groups attached to an aromatic ring is 1. The van der Waals surface area contributed by atoms with Gasteiger partial charge < -0.3 is 24.9 Å². The predicted molar refractivity (Wildman–Crippen MR) is 78.0 cm³/mol. The van der Waals surface area contributed by atoms with Gasteiger partial charge in [-0.2, -0.15) is 4.98 Å². The quantitative estimate of drug-likeness (QED) is 0.831. The highest BCUT2D eigenvalue weighted by atomic mass is 35.5. The van der Waals surface area contributed by atoms with Crippen molar-refractivity contribution in [3.05, 3.63) is 17.5 Å². The van der Waals surface area contributed by atoms with Crippen LogP contribution in [0.15, 0.2) is 12.3 Å². The van der Waals surface area contributed by atoms with E-state index in [1.807, 2.05) is 23.8 Å². The number of aromatic nitrogens is 3. The number of rotatable bonds is 3. The lowest BCUT2D eigenvalue weighted by Crippen LogP contribution is -2.40. The molecular weight excluding hydrogens is 296 g/mol. The molecule has 3 N–H and O–H groups in total. The van der Waals surface area contributed by atoms with E-state index in [1.54, 1.807) is 7.11 Å². The fraction of sp³-hybridized carbons (Fsp3) is 0.538. The van der Waals surface area contributed by atoms with E-state index < -0.39 is 11.7 Å². The predicted octanol–water partition coefficient (Wildman–Crippen LogP) is 1.35. The zero-order valence-corrected chi connectivity index (χ0v) is 12.5. The molecule has 7 nitrogen and oxygen atoms in total. The summed E-state index contributed by atoms with van der Waals surface area (Å²) in [6, 6.07) is 1.81. The van der Waals surface area contributed by atoms with Crippen LogP contribution >= 0.6 is 11.6 Å². The van der Waals surface area contributed by atoms with Gasteiger partial charge in [0.2, 0.25) is 5.28 Å². The van der Waals surface area contributed by atoms with Crippen LogP contribution in [-0.4, -0.2) is 45.1 Å². The summed E-state index contributed by atoms with van der Waals surface area (Å²) in [6.45, 7) is 2.13. The Morgan fingerprint density at radius 3 is 3.10 bits per heavy atom. The number of methoxy groups -OCH3 is 1. The summed E-state index contributed by atoms with van der Waals surface area (Å²) in [4.78, 5) is 8.13. The molecular formula is C13H17ClN4O3. The number of fused-ring (bicyclic) bond motifs is 1. The zero-order valence-electron chi connectivity index (χ0n) is 11.8. The van der Waals surface area contributed by atoms with E-state index in [4.69, 9.17) is 26.8 Å². The van der Waals surface area contributed by atoms with Gasteiger partial charge in [0.25, 0.3) is 0 Å². The van der Waals surface area contributed by atoms with Crippen LogP contribution in [0.4, 0.5) is 5.82 Å². The third-order valence-corrected chi connectivity index (χ3v) is 4.02. The summed E-state index contributed by atoms with van der Waals surface area (Å²) < 4.78 is 12.9. The number of nitrogens with two attached hydrogens (primary N) is 1. The first-order valence-corrected chi connectivity index (χ1v) is 6.97. The Morgan fingerprint density at radius 1 is 1.62 bits per heavy atom. The number of nitrogens with zero attached hydrogens (tertiary/aromatic N) is 3. The molecule has 3 atom stereocenters. The molecule has 0 unspecified atom stereocenters. The third-order valence-electron chi connectivity index (χ3n) is 3.85. The monoisotopic (exact) mass is 312 g/mol. The van der Waals surface area contributed by atoms with E-state index in [2.05, 4.69) is 9.97 Å². The highest BCUT2D eigenvalue weighted by Crippen LogP contribution is 2.38. The average Bonchev–Trinajstić information content (AvgIpc) is 2.92. The van der Waals surface area contributed by atoms with Gasteiger partial charge in [-0.25, -0.2) is 4.98 Å². The van der Waals surface area contributed by atoms with Gasteiger partial charge in [0.05, 0.1) is 18.1 Å². The first kappa shape index (κ1) is 14.5. The Balaban J connectivity index is 1.99. The number of aliphatic hydroxyl groups excluding tert-OH is 1. The minimum Gasteiger partial charge on any atom is -0.390 e. The standard InChI is InChI=1S/C13H17ClN4O3/c1-13(6-20-2)8(19)5-9(21-13)18-4-3-7-10(15)16-12(14)17-11(7)18/h3-4,8-9,19H,5-6H2,1-2H3,(H2,15,16,17)/t8-,9+,13+/m0/s1. The molecule has 1 aliphatic rings. The number of hydrogen-bond donors (Lipinski definition) is 2.